The van der Waals surface area contributed by atoms with Crippen molar-refractivity contribution in [2.45, 2.75) is 0 Å². The molecule has 0 atom stereocenters. The van der Waals surface area contributed by atoms with Crippen LogP contribution in [0.5, 0.6) is 0 Å². The van der Waals surface area contributed by atoms with Crippen molar-refractivity contribution < 1.29 is 5.21 Å². The van der Waals surface area contributed by atoms with Gasteiger partial charge >= 0.3 is 0 Å². The summed E-state index contributed by atoms with van der Waals surface area (Å²) in [6, 6.07) is 1.79. The summed E-state index contributed by atoms with van der Waals surface area (Å²) in [5.41, 5.74) is 0.668. The lowest BCUT2D eigenvalue weighted by atomic mass is 10.3. The van der Waals surface area contributed by atoms with Crippen molar-refractivity contribution in [3.8, 4) is 11.5 Å². The third-order valence-corrected chi connectivity index (χ3v) is 1.78. The zero-order valence-electron chi connectivity index (χ0n) is 5.40. The van der Waals surface area contributed by atoms with E-state index in [1.54, 1.807) is 6.07 Å². The van der Waals surface area contributed by atoms with E-state index in [9.17, 15) is 5.21 Å². The fourth-order valence-corrected chi connectivity index (χ4v) is 1.30. The number of rotatable bonds is 0. The molecule has 0 radical (unpaired) electrons. The second kappa shape index (κ2) is 2.20. The van der Waals surface area contributed by atoms with Crippen LogP contribution in [0, 0.1) is 0 Å². The van der Waals surface area contributed by atoms with Crippen molar-refractivity contribution in [3.63, 3.8) is 0 Å². The monoisotopic (exact) mass is 213 g/mol. The van der Waals surface area contributed by atoms with Gasteiger partial charge in [-0.25, -0.2) is 9.97 Å². The fourth-order valence-electron chi connectivity index (χ4n) is 0.894. The van der Waals surface area contributed by atoms with E-state index in [0.717, 1.165) is 9.20 Å². The van der Waals surface area contributed by atoms with Gasteiger partial charge in [-0.05, 0) is 22.0 Å². The van der Waals surface area contributed by atoms with Crippen LogP contribution in [0.3, 0.4) is 0 Å². The molecule has 0 bridgehead atoms. The first-order valence-electron chi connectivity index (χ1n) is 2.95. The lowest BCUT2D eigenvalue weighted by Crippen LogP contribution is -1.98. The highest BCUT2D eigenvalue weighted by Crippen LogP contribution is 2.20. The highest BCUT2D eigenvalue weighted by Gasteiger charge is 2.09. The topological polar surface area (TPSA) is 50.9 Å². The van der Waals surface area contributed by atoms with E-state index in [-0.39, 0.29) is 0 Å². The molecule has 0 aromatic heterocycles. The Morgan fingerprint density at radius 2 is 2.27 bits per heavy atom. The molecular weight excluding hydrogens is 210 g/mol. The molecule has 0 fully saturated rings. The van der Waals surface area contributed by atoms with Gasteiger partial charge in [-0.2, -0.15) is 4.73 Å². The number of nitrogens with zero attached hydrogens (tertiary/aromatic N) is 3. The number of hydrogen-bond donors (Lipinski definition) is 1. The quantitative estimate of drug-likeness (QED) is 0.674. The van der Waals surface area contributed by atoms with Crippen LogP contribution in [0.25, 0.3) is 11.5 Å². The lowest BCUT2D eigenvalue weighted by molar-refractivity contribution is 0.186. The summed E-state index contributed by atoms with van der Waals surface area (Å²) >= 11 is 3.22. The minimum absolute atomic E-state index is 0.466. The van der Waals surface area contributed by atoms with Crippen LogP contribution in [0.2, 0.25) is 0 Å². The molecule has 4 nitrogen and oxygen atoms in total. The zero-order valence-corrected chi connectivity index (χ0v) is 6.98. The Morgan fingerprint density at radius 1 is 1.45 bits per heavy atom. The van der Waals surface area contributed by atoms with Crippen molar-refractivity contribution in [1.82, 2.24) is 14.7 Å². The smallest absolute Gasteiger partial charge is 0.195 e. The van der Waals surface area contributed by atoms with Crippen LogP contribution in [0.15, 0.2) is 23.1 Å². The Morgan fingerprint density at radius 3 is 3.09 bits per heavy atom. The predicted octanol–water partition coefficient (Wildman–Crippen LogP) is 1.38. The highest BCUT2D eigenvalue weighted by atomic mass is 79.9. The molecule has 0 saturated carbocycles. The summed E-state index contributed by atoms with van der Waals surface area (Å²) < 4.78 is 1.71. The fraction of sp³-hybridized carbons (Fsp3) is 0. The van der Waals surface area contributed by atoms with Gasteiger partial charge in [-0.3, -0.25) is 0 Å². The number of imidazole rings is 1. The maximum Gasteiger partial charge on any atom is 0.195 e. The molecule has 0 amide bonds. The van der Waals surface area contributed by atoms with Crippen molar-refractivity contribution >= 4 is 15.9 Å². The van der Waals surface area contributed by atoms with E-state index >= 15 is 0 Å². The predicted molar refractivity (Wildman–Crippen MR) is 41.5 cm³/mol. The average molecular weight is 214 g/mol. The normalized spacial score (nSPS) is 10.6. The summed E-state index contributed by atoms with van der Waals surface area (Å²) in [5, 5.41) is 9.23. The Bertz CT molecular complexity index is 359. The number of halogens is 1. The van der Waals surface area contributed by atoms with Gasteiger partial charge in [0.05, 0.1) is 6.20 Å². The number of aromatic nitrogens is 3. The van der Waals surface area contributed by atoms with Gasteiger partial charge < -0.3 is 5.21 Å². The molecule has 0 unspecified atom stereocenters. The molecule has 0 aromatic carbocycles. The molecule has 0 aliphatic carbocycles. The molecule has 2 rings (SSSR count). The molecular formula is C6H4BrN3O. The maximum atomic E-state index is 9.23. The van der Waals surface area contributed by atoms with Gasteiger partial charge in [0.25, 0.3) is 0 Å². The SMILES string of the molecule is On1cc(Br)cc2ncnc1-2. The van der Waals surface area contributed by atoms with E-state index in [1.807, 2.05) is 0 Å². The lowest BCUT2D eigenvalue weighted by Gasteiger charge is -2.02. The van der Waals surface area contributed by atoms with Gasteiger partial charge in [0.1, 0.15) is 12.0 Å². The second-order valence-corrected chi connectivity index (χ2v) is 3.00. The van der Waals surface area contributed by atoms with Crippen molar-refractivity contribution in [3.05, 3.63) is 23.1 Å². The summed E-state index contributed by atoms with van der Waals surface area (Å²) in [4.78, 5) is 7.76. The molecule has 2 aliphatic rings. The van der Waals surface area contributed by atoms with Gasteiger partial charge in [0.15, 0.2) is 5.82 Å². The van der Waals surface area contributed by atoms with Crippen molar-refractivity contribution in [2.24, 2.45) is 0 Å². The Balaban J connectivity index is 2.79. The molecule has 56 valence electrons. The van der Waals surface area contributed by atoms with Crippen LogP contribution in [-0.4, -0.2) is 19.9 Å². The molecule has 1 N–H and O–H groups in total. The second-order valence-electron chi connectivity index (χ2n) is 2.09. The zero-order chi connectivity index (χ0) is 7.84. The molecule has 11 heavy (non-hydrogen) atoms. The van der Waals surface area contributed by atoms with Crippen LogP contribution in [-0.2, 0) is 0 Å². The Hall–Kier alpha value is -1.10. The largest absolute Gasteiger partial charge is 0.427 e. The summed E-state index contributed by atoms with van der Waals surface area (Å²) in [6.45, 7) is 0. The van der Waals surface area contributed by atoms with Crippen LogP contribution in [0.4, 0.5) is 0 Å². The minimum Gasteiger partial charge on any atom is -0.427 e. The molecule has 5 heteroatoms. The van der Waals surface area contributed by atoms with Crippen LogP contribution in [0.1, 0.15) is 0 Å². The molecule has 2 heterocycles. The molecule has 0 spiro atoms. The Kier molecular flexibility index (Phi) is 1.32. The van der Waals surface area contributed by atoms with E-state index in [2.05, 4.69) is 25.9 Å². The first kappa shape index (κ1) is 6.60. The van der Waals surface area contributed by atoms with E-state index in [0.29, 0.717) is 11.5 Å². The molecule has 2 aliphatic heterocycles. The first-order chi connectivity index (χ1) is 5.27. The van der Waals surface area contributed by atoms with Gasteiger partial charge in [0, 0.05) is 4.47 Å². The minimum atomic E-state index is 0.466. The Labute approximate surface area is 70.9 Å². The standard InChI is InChI=1S/C6H4BrN3O/c7-4-1-5-6(9-3-8-5)10(11)2-4/h1-3,11H. The van der Waals surface area contributed by atoms with Gasteiger partial charge in [-0.15, -0.1) is 0 Å². The summed E-state index contributed by atoms with van der Waals surface area (Å²) in [6.07, 6.45) is 2.92. The highest BCUT2D eigenvalue weighted by molar-refractivity contribution is 9.10. The number of pyridine rings is 1. The molecule has 0 aromatic rings. The third-order valence-electron chi connectivity index (χ3n) is 1.34. The number of hydrogen-bond acceptors (Lipinski definition) is 3. The summed E-state index contributed by atoms with van der Waals surface area (Å²) in [7, 11) is 0. The average Bonchev–Trinajstić information content (AvgIpc) is 2.34. The van der Waals surface area contributed by atoms with Crippen LogP contribution >= 0.6 is 15.9 Å². The van der Waals surface area contributed by atoms with Crippen molar-refractivity contribution in [2.75, 3.05) is 0 Å². The first-order valence-corrected chi connectivity index (χ1v) is 3.74. The van der Waals surface area contributed by atoms with Crippen molar-refractivity contribution in [1.29, 1.82) is 0 Å². The van der Waals surface area contributed by atoms with E-state index in [1.165, 1.54) is 12.5 Å². The maximum absolute atomic E-state index is 9.23. The number of fused-ring (bicyclic) bond motifs is 1. The van der Waals surface area contributed by atoms with Crippen LogP contribution < -0.4 is 0 Å². The van der Waals surface area contributed by atoms with E-state index in [4.69, 9.17) is 0 Å². The van der Waals surface area contributed by atoms with Gasteiger partial charge in [0.2, 0.25) is 0 Å². The molecule has 0 saturated heterocycles. The summed E-state index contributed by atoms with van der Waals surface area (Å²) in [5.74, 6) is 0.466. The van der Waals surface area contributed by atoms with Gasteiger partial charge in [-0.1, -0.05) is 0 Å². The third kappa shape index (κ3) is 0.970. The van der Waals surface area contributed by atoms with E-state index < -0.39 is 0 Å².